The zero-order chi connectivity index (χ0) is 27.1. The Morgan fingerprint density at radius 2 is 1.82 bits per heavy atom. The summed E-state index contributed by atoms with van der Waals surface area (Å²) in [4.78, 5) is 9.08. The zero-order valence-corrected chi connectivity index (χ0v) is 22.9. The van der Waals surface area contributed by atoms with Crippen LogP contribution in [0.4, 0.5) is 23.2 Å². The molecule has 2 N–H and O–H groups in total. The standard InChI is InChI=1S/C29H29N9OS/c1-19-15-29(16-19)12-5-13-37(18-29)25-11-9-21(17-30-25)31-27(40)26-33-34-28(39-26)32-20-8-10-23-24(14-20)36-38(35-23)22-6-3-2-4-7-22/h2-4,6-11,14,17,19H,5,12-13,15-16,18H2,1H3,(H,31,40)(H,32,34). The second-order valence-corrected chi connectivity index (χ2v) is 11.4. The van der Waals surface area contributed by atoms with E-state index in [1.165, 1.54) is 25.7 Å². The molecule has 40 heavy (non-hydrogen) atoms. The van der Waals surface area contributed by atoms with E-state index in [0.29, 0.717) is 10.4 Å². The van der Waals surface area contributed by atoms with Crippen molar-refractivity contribution in [2.75, 3.05) is 28.6 Å². The zero-order valence-electron chi connectivity index (χ0n) is 22.1. The van der Waals surface area contributed by atoms with Gasteiger partial charge in [-0.05, 0) is 79.5 Å². The Morgan fingerprint density at radius 1 is 1.00 bits per heavy atom. The van der Waals surface area contributed by atoms with Crippen molar-refractivity contribution < 1.29 is 4.42 Å². The monoisotopic (exact) mass is 551 g/mol. The Hall–Kier alpha value is -4.38. The van der Waals surface area contributed by atoms with Gasteiger partial charge in [-0.2, -0.15) is 4.80 Å². The first-order valence-corrected chi connectivity index (χ1v) is 14.0. The molecule has 1 aliphatic heterocycles. The second kappa shape index (κ2) is 9.98. The summed E-state index contributed by atoms with van der Waals surface area (Å²) in [5.41, 5.74) is 4.43. The van der Waals surface area contributed by atoms with Crippen molar-refractivity contribution in [1.29, 1.82) is 0 Å². The van der Waals surface area contributed by atoms with Gasteiger partial charge in [-0.3, -0.25) is 0 Å². The predicted octanol–water partition coefficient (Wildman–Crippen LogP) is 5.75. The van der Waals surface area contributed by atoms with Gasteiger partial charge in [0.05, 0.1) is 17.6 Å². The van der Waals surface area contributed by atoms with Crippen LogP contribution in [0.1, 0.15) is 38.5 Å². The molecule has 2 aromatic carbocycles. The minimum absolute atomic E-state index is 0.217. The number of hydrogen-bond donors (Lipinski definition) is 2. The molecule has 0 radical (unpaired) electrons. The molecule has 11 heteroatoms. The van der Waals surface area contributed by atoms with Gasteiger partial charge in [0, 0.05) is 18.8 Å². The quantitative estimate of drug-likeness (QED) is 0.253. The topological polar surface area (TPSA) is 110 Å². The van der Waals surface area contributed by atoms with Gasteiger partial charge in [-0.15, -0.1) is 15.3 Å². The van der Waals surface area contributed by atoms with Crippen molar-refractivity contribution in [1.82, 2.24) is 30.2 Å². The van der Waals surface area contributed by atoms with Gasteiger partial charge < -0.3 is 20.0 Å². The van der Waals surface area contributed by atoms with E-state index in [-0.39, 0.29) is 11.9 Å². The Labute approximate surface area is 236 Å². The molecule has 1 saturated heterocycles. The van der Waals surface area contributed by atoms with Crippen LogP contribution < -0.4 is 15.5 Å². The number of para-hydroxylation sites is 1. The highest BCUT2D eigenvalue weighted by atomic mass is 32.1. The van der Waals surface area contributed by atoms with E-state index in [1.54, 1.807) is 11.0 Å². The van der Waals surface area contributed by atoms with Gasteiger partial charge >= 0.3 is 6.01 Å². The third-order valence-corrected chi connectivity index (χ3v) is 8.07. The third-order valence-electron chi connectivity index (χ3n) is 7.79. The van der Waals surface area contributed by atoms with E-state index in [9.17, 15) is 0 Å². The molecule has 1 spiro atoms. The minimum atomic E-state index is 0.217. The van der Waals surface area contributed by atoms with E-state index in [4.69, 9.17) is 21.6 Å². The molecular formula is C29H29N9OS. The Balaban J connectivity index is 0.984. The Morgan fingerprint density at radius 3 is 2.62 bits per heavy atom. The van der Waals surface area contributed by atoms with Gasteiger partial charge in [0.15, 0.2) is 4.99 Å². The molecule has 1 aliphatic carbocycles. The van der Waals surface area contributed by atoms with Crippen molar-refractivity contribution >= 4 is 51.4 Å². The van der Waals surface area contributed by atoms with Crippen LogP contribution >= 0.6 is 12.2 Å². The van der Waals surface area contributed by atoms with Crippen molar-refractivity contribution in [3.8, 4) is 5.69 Å². The maximum absolute atomic E-state index is 5.77. The van der Waals surface area contributed by atoms with E-state index >= 15 is 0 Å². The van der Waals surface area contributed by atoms with Crippen molar-refractivity contribution in [3.05, 3.63) is 72.8 Å². The van der Waals surface area contributed by atoms with E-state index in [0.717, 1.165) is 52.9 Å². The summed E-state index contributed by atoms with van der Waals surface area (Å²) in [6.45, 7) is 4.52. The number of nitrogens with zero attached hydrogens (tertiary/aromatic N) is 7. The van der Waals surface area contributed by atoms with Crippen molar-refractivity contribution in [3.63, 3.8) is 0 Å². The number of pyridine rings is 1. The van der Waals surface area contributed by atoms with Crippen LogP contribution in [0.2, 0.25) is 0 Å². The molecule has 5 aromatic rings. The molecule has 0 unspecified atom stereocenters. The summed E-state index contributed by atoms with van der Waals surface area (Å²) in [5, 5.41) is 23.6. The lowest BCUT2D eigenvalue weighted by atomic mass is 9.59. The number of fused-ring (bicyclic) bond motifs is 1. The van der Waals surface area contributed by atoms with Gasteiger partial charge in [0.2, 0.25) is 0 Å². The maximum atomic E-state index is 5.77. The number of thiocarbonyl (C=S) groups is 1. The molecule has 0 bridgehead atoms. The molecule has 4 heterocycles. The number of piperidine rings is 1. The fourth-order valence-electron chi connectivity index (χ4n) is 6.14. The highest BCUT2D eigenvalue weighted by Gasteiger charge is 2.44. The van der Waals surface area contributed by atoms with Gasteiger partial charge in [0.1, 0.15) is 16.9 Å². The van der Waals surface area contributed by atoms with Crippen LogP contribution in [0.5, 0.6) is 0 Å². The molecular weight excluding hydrogens is 522 g/mol. The summed E-state index contributed by atoms with van der Waals surface area (Å²) in [6.07, 6.45) is 7.05. The van der Waals surface area contributed by atoms with Gasteiger partial charge in [0.25, 0.3) is 5.89 Å². The number of anilines is 4. The van der Waals surface area contributed by atoms with Gasteiger partial charge in [-0.25, -0.2) is 4.98 Å². The average Bonchev–Trinajstić information content (AvgIpc) is 3.61. The highest BCUT2D eigenvalue weighted by Crippen LogP contribution is 2.51. The molecule has 0 atom stereocenters. The van der Waals surface area contributed by atoms with Crippen LogP contribution in [0.15, 0.2) is 71.3 Å². The number of nitrogens with one attached hydrogen (secondary N) is 2. The summed E-state index contributed by atoms with van der Waals surface area (Å²) in [5.74, 6) is 2.08. The Kier molecular flexibility index (Phi) is 6.15. The minimum Gasteiger partial charge on any atom is -0.401 e. The molecule has 202 valence electrons. The van der Waals surface area contributed by atoms with Crippen molar-refractivity contribution in [2.45, 2.75) is 32.6 Å². The molecule has 7 rings (SSSR count). The Bertz CT molecular complexity index is 1650. The lowest BCUT2D eigenvalue weighted by Crippen LogP contribution is -2.50. The van der Waals surface area contributed by atoms with Gasteiger partial charge in [-0.1, -0.05) is 42.4 Å². The SMILES string of the molecule is CC1CC2(CCCN(c3ccc(NC(=S)c4nnc(Nc5ccc6nn(-c7ccccc7)nc6c5)o4)cn3)C2)C1. The largest absolute Gasteiger partial charge is 0.401 e. The highest BCUT2D eigenvalue weighted by molar-refractivity contribution is 7.81. The number of rotatable bonds is 6. The first kappa shape index (κ1) is 24.6. The fourth-order valence-corrected chi connectivity index (χ4v) is 6.35. The lowest BCUT2D eigenvalue weighted by molar-refractivity contribution is 0.0486. The summed E-state index contributed by atoms with van der Waals surface area (Å²) >= 11 is 5.52. The van der Waals surface area contributed by atoms with E-state index in [1.807, 2.05) is 54.6 Å². The number of aromatic nitrogens is 6. The first-order valence-electron chi connectivity index (χ1n) is 13.6. The van der Waals surface area contributed by atoms with Crippen LogP contribution in [0.25, 0.3) is 16.7 Å². The van der Waals surface area contributed by atoms with E-state index < -0.39 is 0 Å². The first-order chi connectivity index (χ1) is 19.5. The van der Waals surface area contributed by atoms with Crippen LogP contribution in [0.3, 0.4) is 0 Å². The predicted molar refractivity (Wildman–Crippen MR) is 158 cm³/mol. The molecule has 0 amide bonds. The molecule has 2 fully saturated rings. The molecule has 1 saturated carbocycles. The third kappa shape index (κ3) is 4.88. The van der Waals surface area contributed by atoms with E-state index in [2.05, 4.69) is 48.9 Å². The maximum Gasteiger partial charge on any atom is 0.320 e. The summed E-state index contributed by atoms with van der Waals surface area (Å²) in [6, 6.07) is 19.7. The van der Waals surface area contributed by atoms with Crippen molar-refractivity contribution in [2.24, 2.45) is 11.3 Å². The molecule has 2 aliphatic rings. The number of benzene rings is 2. The normalized spacial score (nSPS) is 20.4. The van der Waals surface area contributed by atoms with Crippen LogP contribution in [-0.4, -0.2) is 48.3 Å². The second-order valence-electron chi connectivity index (χ2n) is 11.0. The molecule has 10 nitrogen and oxygen atoms in total. The summed E-state index contributed by atoms with van der Waals surface area (Å²) in [7, 11) is 0. The fraction of sp³-hybridized carbons (Fsp3) is 0.310. The van der Waals surface area contributed by atoms with Crippen LogP contribution in [0, 0.1) is 11.3 Å². The van der Waals surface area contributed by atoms with Crippen LogP contribution in [-0.2, 0) is 0 Å². The summed E-state index contributed by atoms with van der Waals surface area (Å²) < 4.78 is 5.77. The lowest BCUT2D eigenvalue weighted by Gasteiger charge is -2.52. The smallest absolute Gasteiger partial charge is 0.320 e. The number of hydrogen-bond acceptors (Lipinski definition) is 9. The average molecular weight is 552 g/mol. The molecule has 3 aromatic heterocycles.